The van der Waals surface area contributed by atoms with Crippen molar-refractivity contribution in [3.05, 3.63) is 29.3 Å². The minimum atomic E-state index is -0.536. The summed E-state index contributed by atoms with van der Waals surface area (Å²) in [6.07, 6.45) is 0.612. The minimum absolute atomic E-state index is 0. The van der Waals surface area contributed by atoms with Crippen LogP contribution in [0.4, 0.5) is 5.69 Å². The third-order valence-corrected chi connectivity index (χ3v) is 3.42. The minimum Gasteiger partial charge on any atom is -0.399 e. The van der Waals surface area contributed by atoms with Crippen molar-refractivity contribution in [2.45, 2.75) is 32.0 Å². The third kappa shape index (κ3) is 4.34. The summed E-state index contributed by atoms with van der Waals surface area (Å²) in [5.41, 5.74) is 12.8. The van der Waals surface area contributed by atoms with Crippen LogP contribution in [0.15, 0.2) is 18.2 Å². The lowest BCUT2D eigenvalue weighted by Crippen LogP contribution is -2.34. The Labute approximate surface area is 129 Å². The van der Waals surface area contributed by atoms with Crippen LogP contribution in [0.2, 0.25) is 0 Å². The van der Waals surface area contributed by atoms with Gasteiger partial charge in [-0.2, -0.15) is 0 Å². The van der Waals surface area contributed by atoms with Crippen LogP contribution in [0.1, 0.15) is 28.8 Å². The molecule has 7 heteroatoms. The normalized spacial score (nSPS) is 20.6. The van der Waals surface area contributed by atoms with Crippen LogP contribution in [-0.4, -0.2) is 30.6 Å². The molecule has 1 aromatic carbocycles. The lowest BCUT2D eigenvalue weighted by Gasteiger charge is -2.13. The number of rotatable bonds is 4. The van der Waals surface area contributed by atoms with Crippen molar-refractivity contribution in [2.24, 2.45) is 5.73 Å². The average molecular weight is 314 g/mol. The van der Waals surface area contributed by atoms with Crippen molar-refractivity contribution >= 4 is 29.9 Å². The number of halogens is 1. The van der Waals surface area contributed by atoms with Gasteiger partial charge in [0.1, 0.15) is 6.10 Å². The van der Waals surface area contributed by atoms with Crippen molar-refractivity contribution < 1.29 is 14.3 Å². The van der Waals surface area contributed by atoms with Gasteiger partial charge >= 0.3 is 0 Å². The molecule has 1 heterocycles. The van der Waals surface area contributed by atoms with Crippen molar-refractivity contribution in [2.75, 3.05) is 12.3 Å². The molecular formula is C14H20ClN3O3. The summed E-state index contributed by atoms with van der Waals surface area (Å²) in [6, 6.07) is 5.20. The number of nitrogens with two attached hydrogens (primary N) is 2. The number of nitrogen functional groups attached to an aromatic ring is 1. The highest BCUT2D eigenvalue weighted by Crippen LogP contribution is 2.19. The predicted octanol–water partition coefficient (Wildman–Crippen LogP) is 0.762. The fourth-order valence-corrected chi connectivity index (χ4v) is 2.25. The summed E-state index contributed by atoms with van der Waals surface area (Å²) in [5.74, 6) is -0.647. The quantitative estimate of drug-likeness (QED) is 0.713. The van der Waals surface area contributed by atoms with Gasteiger partial charge in [0.05, 0.1) is 6.10 Å². The molecule has 0 bridgehead atoms. The lowest BCUT2D eigenvalue weighted by atomic mass is 10.1. The van der Waals surface area contributed by atoms with Crippen LogP contribution >= 0.6 is 12.4 Å². The first kappa shape index (κ1) is 17.3. The molecule has 0 aromatic heterocycles. The van der Waals surface area contributed by atoms with E-state index in [1.807, 2.05) is 6.92 Å². The second-order valence-electron chi connectivity index (χ2n) is 5.01. The second kappa shape index (κ2) is 7.28. The van der Waals surface area contributed by atoms with Gasteiger partial charge in [0.2, 0.25) is 5.91 Å². The van der Waals surface area contributed by atoms with Gasteiger partial charge in [0, 0.05) is 17.8 Å². The van der Waals surface area contributed by atoms with E-state index in [4.69, 9.17) is 16.2 Å². The molecule has 5 N–H and O–H groups in total. The Morgan fingerprint density at radius 3 is 2.71 bits per heavy atom. The zero-order chi connectivity index (χ0) is 14.7. The van der Waals surface area contributed by atoms with Crippen LogP contribution < -0.4 is 16.8 Å². The van der Waals surface area contributed by atoms with Gasteiger partial charge in [0.15, 0.2) is 0 Å². The highest BCUT2D eigenvalue weighted by atomic mass is 35.5. The van der Waals surface area contributed by atoms with Crippen molar-refractivity contribution in [3.63, 3.8) is 0 Å². The number of ether oxygens (including phenoxy) is 1. The first-order valence-electron chi connectivity index (χ1n) is 6.56. The summed E-state index contributed by atoms with van der Waals surface area (Å²) >= 11 is 0. The Balaban J connectivity index is 0.00000220. The van der Waals surface area contributed by atoms with Gasteiger partial charge in [0.25, 0.3) is 5.91 Å². The lowest BCUT2D eigenvalue weighted by molar-refractivity contribution is -0.128. The molecule has 2 rings (SSSR count). The molecule has 1 aliphatic heterocycles. The second-order valence-corrected chi connectivity index (χ2v) is 5.01. The topological polar surface area (TPSA) is 107 Å². The fraction of sp³-hybridized carbons (Fsp3) is 0.429. The molecule has 2 amide bonds. The highest BCUT2D eigenvalue weighted by molar-refractivity contribution is 5.96. The Hall–Kier alpha value is -1.79. The Morgan fingerprint density at radius 2 is 2.10 bits per heavy atom. The molecule has 1 saturated heterocycles. The van der Waals surface area contributed by atoms with Gasteiger partial charge < -0.3 is 21.5 Å². The van der Waals surface area contributed by atoms with Gasteiger partial charge in [-0.3, -0.25) is 9.59 Å². The van der Waals surface area contributed by atoms with Gasteiger partial charge in [-0.15, -0.1) is 12.4 Å². The molecule has 0 aliphatic carbocycles. The Morgan fingerprint density at radius 1 is 1.38 bits per heavy atom. The van der Waals surface area contributed by atoms with E-state index in [2.05, 4.69) is 5.32 Å². The Kier molecular flexibility index (Phi) is 5.99. The maximum atomic E-state index is 12.1. The summed E-state index contributed by atoms with van der Waals surface area (Å²) in [5, 5.41) is 2.80. The largest absolute Gasteiger partial charge is 0.399 e. The molecule has 0 spiro atoms. The zero-order valence-electron chi connectivity index (χ0n) is 11.8. The van der Waals surface area contributed by atoms with Crippen LogP contribution in [0.3, 0.4) is 0 Å². The SMILES string of the molecule is Cc1ccc(N)cc1C(=O)NCC1CCC(C(N)=O)O1.Cl. The smallest absolute Gasteiger partial charge is 0.251 e. The monoisotopic (exact) mass is 313 g/mol. The standard InChI is InChI=1S/C14H19N3O3.ClH/c1-8-2-3-9(15)6-11(8)14(19)17-7-10-4-5-12(20-10)13(16)18;/h2-3,6,10,12H,4-5,7,15H2,1H3,(H2,16,18)(H,17,19);1H. The molecule has 21 heavy (non-hydrogen) atoms. The first-order chi connectivity index (χ1) is 9.47. The van der Waals surface area contributed by atoms with E-state index < -0.39 is 12.0 Å². The van der Waals surface area contributed by atoms with Crippen molar-refractivity contribution in [1.29, 1.82) is 0 Å². The van der Waals surface area contributed by atoms with Crippen LogP contribution in [0, 0.1) is 6.92 Å². The number of amides is 2. The van der Waals surface area contributed by atoms with E-state index in [0.717, 1.165) is 5.56 Å². The van der Waals surface area contributed by atoms with E-state index in [-0.39, 0.29) is 24.4 Å². The summed E-state index contributed by atoms with van der Waals surface area (Å²) in [6.45, 7) is 2.21. The molecule has 2 atom stereocenters. The maximum Gasteiger partial charge on any atom is 0.251 e. The number of carbonyl (C=O) groups is 2. The number of hydrogen-bond acceptors (Lipinski definition) is 4. The van der Waals surface area contributed by atoms with Crippen molar-refractivity contribution in [1.82, 2.24) is 5.32 Å². The van der Waals surface area contributed by atoms with E-state index in [1.165, 1.54) is 0 Å². The van der Waals surface area contributed by atoms with E-state index in [1.54, 1.807) is 18.2 Å². The number of carbonyl (C=O) groups excluding carboxylic acids is 2. The molecule has 6 nitrogen and oxygen atoms in total. The summed E-state index contributed by atoms with van der Waals surface area (Å²) < 4.78 is 5.45. The van der Waals surface area contributed by atoms with Gasteiger partial charge in [-0.05, 0) is 37.5 Å². The van der Waals surface area contributed by atoms with E-state index >= 15 is 0 Å². The number of primary amides is 1. The van der Waals surface area contributed by atoms with E-state index in [9.17, 15) is 9.59 Å². The van der Waals surface area contributed by atoms with Gasteiger partial charge in [-0.25, -0.2) is 0 Å². The Bertz CT molecular complexity index is 536. The first-order valence-corrected chi connectivity index (χ1v) is 6.56. The third-order valence-electron chi connectivity index (χ3n) is 3.42. The summed E-state index contributed by atoms with van der Waals surface area (Å²) in [7, 11) is 0. The molecule has 0 saturated carbocycles. The van der Waals surface area contributed by atoms with Gasteiger partial charge in [-0.1, -0.05) is 6.07 Å². The number of hydrogen-bond donors (Lipinski definition) is 3. The number of benzene rings is 1. The highest BCUT2D eigenvalue weighted by Gasteiger charge is 2.29. The molecule has 1 aromatic rings. The molecule has 0 radical (unpaired) electrons. The number of anilines is 1. The maximum absolute atomic E-state index is 12.1. The molecular weight excluding hydrogens is 294 g/mol. The van der Waals surface area contributed by atoms with Crippen LogP contribution in [0.5, 0.6) is 0 Å². The summed E-state index contributed by atoms with van der Waals surface area (Å²) in [4.78, 5) is 23.1. The van der Waals surface area contributed by atoms with Crippen LogP contribution in [-0.2, 0) is 9.53 Å². The predicted molar refractivity (Wildman–Crippen MR) is 82.3 cm³/mol. The molecule has 1 aliphatic rings. The average Bonchev–Trinajstić information content (AvgIpc) is 2.88. The molecule has 116 valence electrons. The van der Waals surface area contributed by atoms with Crippen molar-refractivity contribution in [3.8, 4) is 0 Å². The number of aryl methyl sites for hydroxylation is 1. The fourth-order valence-electron chi connectivity index (χ4n) is 2.25. The molecule has 1 fully saturated rings. The molecule has 2 unspecified atom stereocenters. The van der Waals surface area contributed by atoms with E-state index in [0.29, 0.717) is 30.6 Å². The number of nitrogens with one attached hydrogen (secondary N) is 1. The zero-order valence-corrected chi connectivity index (χ0v) is 12.6. The van der Waals surface area contributed by atoms with Crippen LogP contribution in [0.25, 0.3) is 0 Å².